The van der Waals surface area contributed by atoms with Crippen LogP contribution in [0.5, 0.6) is 17.2 Å². The molecule has 1 N–H and O–H groups in total. The molecule has 3 aromatic carbocycles. The molecule has 0 spiro atoms. The van der Waals surface area contributed by atoms with E-state index in [9.17, 15) is 4.79 Å². The molecule has 0 aliphatic heterocycles. The normalized spacial score (nSPS) is 10.0. The third-order valence-corrected chi connectivity index (χ3v) is 4.54. The maximum atomic E-state index is 11.2. The lowest BCUT2D eigenvalue weighted by Gasteiger charge is -2.11. The average molecular weight is 421 g/mol. The van der Waals surface area contributed by atoms with Gasteiger partial charge in [0.2, 0.25) is 0 Å². The molecule has 0 aliphatic rings. The zero-order chi connectivity index (χ0) is 22.2. The second-order valence-electron chi connectivity index (χ2n) is 6.76. The number of aromatic carboxylic acids is 1. The van der Waals surface area contributed by atoms with E-state index in [0.29, 0.717) is 17.2 Å². The molecule has 0 radical (unpaired) electrons. The minimum absolute atomic E-state index is 0.154. The molecule has 0 atom stereocenters. The molecule has 32 heavy (non-hydrogen) atoms. The lowest BCUT2D eigenvalue weighted by molar-refractivity contribution is 0.0696. The fourth-order valence-corrected chi connectivity index (χ4v) is 2.98. The average Bonchev–Trinajstić information content (AvgIpc) is 2.84. The summed E-state index contributed by atoms with van der Waals surface area (Å²) >= 11 is 0. The van der Waals surface area contributed by atoms with Crippen LogP contribution in [-0.4, -0.2) is 22.7 Å². The van der Waals surface area contributed by atoms with Gasteiger partial charge in [-0.1, -0.05) is 48.2 Å². The summed E-state index contributed by atoms with van der Waals surface area (Å²) in [6.07, 6.45) is 1.77. The van der Waals surface area contributed by atoms with Gasteiger partial charge in [0, 0.05) is 17.3 Å². The van der Waals surface area contributed by atoms with Gasteiger partial charge in [0.05, 0.1) is 11.3 Å². The van der Waals surface area contributed by atoms with Crippen LogP contribution >= 0.6 is 0 Å². The minimum atomic E-state index is -1.01. The number of carboxylic acid groups (broad SMARTS) is 1. The number of ether oxygens (including phenoxy) is 2. The molecule has 4 rings (SSSR count). The number of hydrogen-bond donors (Lipinski definition) is 1. The van der Waals surface area contributed by atoms with Crippen molar-refractivity contribution in [2.45, 2.75) is 0 Å². The predicted octanol–water partition coefficient (Wildman–Crippen LogP) is 5.67. The van der Waals surface area contributed by atoms with E-state index in [0.717, 1.165) is 16.8 Å². The van der Waals surface area contributed by atoms with E-state index in [4.69, 9.17) is 14.6 Å². The maximum Gasteiger partial charge on any atom is 0.335 e. The van der Waals surface area contributed by atoms with Crippen molar-refractivity contribution in [2.75, 3.05) is 6.61 Å². The van der Waals surface area contributed by atoms with Crippen LogP contribution in [0, 0.1) is 11.8 Å². The summed E-state index contributed by atoms with van der Waals surface area (Å²) in [6.45, 7) is 0.178. The topological polar surface area (TPSA) is 68.7 Å². The Morgan fingerprint density at radius 1 is 0.875 bits per heavy atom. The summed E-state index contributed by atoms with van der Waals surface area (Å²) in [5.41, 5.74) is 2.98. The van der Waals surface area contributed by atoms with Crippen LogP contribution in [0.25, 0.3) is 11.3 Å². The lowest BCUT2D eigenvalue weighted by Crippen LogP contribution is -1.98. The summed E-state index contributed by atoms with van der Waals surface area (Å²) in [7, 11) is 0. The van der Waals surface area contributed by atoms with Gasteiger partial charge in [0.25, 0.3) is 0 Å². The number of aromatic nitrogens is 1. The quantitative estimate of drug-likeness (QED) is 0.406. The fraction of sp³-hybridized carbons (Fsp3) is 0.0370. The van der Waals surface area contributed by atoms with Gasteiger partial charge in [0.15, 0.2) is 11.5 Å². The van der Waals surface area contributed by atoms with Crippen molar-refractivity contribution < 1.29 is 19.4 Å². The van der Waals surface area contributed by atoms with Crippen LogP contribution in [0.2, 0.25) is 0 Å². The molecule has 0 fully saturated rings. The number of para-hydroxylation sites is 2. The summed E-state index contributed by atoms with van der Waals surface area (Å²) in [6, 6.07) is 27.2. The number of rotatable bonds is 6. The van der Waals surface area contributed by atoms with Gasteiger partial charge < -0.3 is 14.6 Å². The largest absolute Gasteiger partial charge is 0.478 e. The Bertz CT molecular complexity index is 1270. The van der Waals surface area contributed by atoms with E-state index >= 15 is 0 Å². The van der Waals surface area contributed by atoms with Crippen LogP contribution in [0.1, 0.15) is 15.9 Å². The van der Waals surface area contributed by atoms with Crippen LogP contribution in [0.15, 0.2) is 97.2 Å². The molecular weight excluding hydrogens is 402 g/mol. The third kappa shape index (κ3) is 5.32. The van der Waals surface area contributed by atoms with E-state index in [1.54, 1.807) is 30.5 Å². The van der Waals surface area contributed by atoms with Crippen LogP contribution in [-0.2, 0) is 0 Å². The van der Waals surface area contributed by atoms with Gasteiger partial charge in [-0.15, -0.1) is 0 Å². The van der Waals surface area contributed by atoms with Crippen molar-refractivity contribution in [3.05, 3.63) is 108 Å². The van der Waals surface area contributed by atoms with Crippen molar-refractivity contribution in [3.8, 4) is 40.3 Å². The number of nitrogens with zero attached hydrogens (tertiary/aromatic N) is 1. The first-order valence-corrected chi connectivity index (χ1v) is 9.92. The van der Waals surface area contributed by atoms with Gasteiger partial charge in [-0.25, -0.2) is 4.79 Å². The zero-order valence-corrected chi connectivity index (χ0v) is 17.1. The highest BCUT2D eigenvalue weighted by molar-refractivity contribution is 5.88. The molecule has 0 unspecified atom stereocenters. The molecule has 156 valence electrons. The van der Waals surface area contributed by atoms with E-state index in [1.165, 1.54) is 12.1 Å². The molecule has 0 saturated heterocycles. The summed E-state index contributed by atoms with van der Waals surface area (Å²) < 4.78 is 11.6. The third-order valence-electron chi connectivity index (χ3n) is 4.54. The van der Waals surface area contributed by atoms with Crippen molar-refractivity contribution in [1.82, 2.24) is 4.98 Å². The number of benzene rings is 3. The molecule has 5 heteroatoms. The minimum Gasteiger partial charge on any atom is -0.478 e. The maximum absolute atomic E-state index is 11.2. The van der Waals surface area contributed by atoms with Crippen molar-refractivity contribution in [3.63, 3.8) is 0 Å². The molecule has 0 saturated carbocycles. The highest BCUT2D eigenvalue weighted by Crippen LogP contribution is 2.31. The monoisotopic (exact) mass is 421 g/mol. The molecule has 0 amide bonds. The molecule has 4 aromatic rings. The Balaban J connectivity index is 1.40. The Hall–Kier alpha value is -4.56. The summed E-state index contributed by atoms with van der Waals surface area (Å²) in [5.74, 6) is 6.49. The van der Waals surface area contributed by atoms with Gasteiger partial charge >= 0.3 is 5.97 Å². The van der Waals surface area contributed by atoms with Crippen LogP contribution in [0.4, 0.5) is 0 Å². The Morgan fingerprint density at radius 2 is 1.66 bits per heavy atom. The highest BCUT2D eigenvalue weighted by Gasteiger charge is 2.08. The number of pyridine rings is 1. The Kier molecular flexibility index (Phi) is 6.45. The number of carbonyl (C=O) groups is 1. The van der Waals surface area contributed by atoms with Gasteiger partial charge in [-0.3, -0.25) is 4.98 Å². The van der Waals surface area contributed by atoms with Crippen molar-refractivity contribution in [1.29, 1.82) is 0 Å². The molecule has 1 aromatic heterocycles. The standard InChI is InChI=1S/C27H19NO4/c29-27(30)22-8-5-9-23(19-22)32-26-12-2-1-11-25(26)31-18-6-7-20-13-15-21(16-14-20)24-10-3-4-17-28-24/h1-5,8-17,19H,18H2,(H,29,30). The fourth-order valence-electron chi connectivity index (χ4n) is 2.98. The second-order valence-corrected chi connectivity index (χ2v) is 6.76. The Morgan fingerprint density at radius 3 is 2.41 bits per heavy atom. The molecule has 0 bridgehead atoms. The number of hydrogen-bond acceptors (Lipinski definition) is 4. The van der Waals surface area contributed by atoms with E-state index in [-0.39, 0.29) is 12.2 Å². The molecular formula is C27H19NO4. The van der Waals surface area contributed by atoms with Crippen LogP contribution < -0.4 is 9.47 Å². The van der Waals surface area contributed by atoms with Crippen molar-refractivity contribution >= 4 is 5.97 Å². The first kappa shape index (κ1) is 20.7. The van der Waals surface area contributed by atoms with Gasteiger partial charge in [-0.2, -0.15) is 0 Å². The lowest BCUT2D eigenvalue weighted by atomic mass is 10.1. The van der Waals surface area contributed by atoms with Crippen LogP contribution in [0.3, 0.4) is 0 Å². The van der Waals surface area contributed by atoms with E-state index in [1.807, 2.05) is 54.6 Å². The van der Waals surface area contributed by atoms with E-state index < -0.39 is 5.97 Å². The predicted molar refractivity (Wildman–Crippen MR) is 122 cm³/mol. The van der Waals surface area contributed by atoms with Crippen molar-refractivity contribution in [2.24, 2.45) is 0 Å². The summed E-state index contributed by atoms with van der Waals surface area (Å²) in [4.78, 5) is 15.5. The Labute approximate surface area is 185 Å². The molecule has 1 heterocycles. The SMILES string of the molecule is O=C(O)c1cccc(Oc2ccccc2OCC#Cc2ccc(-c3ccccn3)cc2)c1. The zero-order valence-electron chi connectivity index (χ0n) is 17.1. The second kappa shape index (κ2) is 9.96. The van der Waals surface area contributed by atoms with Gasteiger partial charge in [0.1, 0.15) is 12.4 Å². The molecule has 0 aliphatic carbocycles. The molecule has 5 nitrogen and oxygen atoms in total. The first-order valence-electron chi connectivity index (χ1n) is 9.92. The smallest absolute Gasteiger partial charge is 0.335 e. The number of carboxylic acids is 1. The highest BCUT2D eigenvalue weighted by atomic mass is 16.5. The van der Waals surface area contributed by atoms with E-state index in [2.05, 4.69) is 16.8 Å². The summed E-state index contributed by atoms with van der Waals surface area (Å²) in [5, 5.41) is 9.14. The van der Waals surface area contributed by atoms with Gasteiger partial charge in [-0.05, 0) is 54.6 Å². The first-order chi connectivity index (χ1) is 15.7.